The lowest BCUT2D eigenvalue weighted by Crippen LogP contribution is -1.99. The molecule has 1 aliphatic heterocycles. The first-order valence-corrected chi connectivity index (χ1v) is 5.66. The molecule has 0 unspecified atom stereocenters. The second-order valence-corrected chi connectivity index (χ2v) is 4.61. The molecule has 80 valence electrons. The molecule has 0 bridgehead atoms. The monoisotopic (exact) mass is 231 g/mol. The summed E-state index contributed by atoms with van der Waals surface area (Å²) in [6, 6.07) is 11.1. The Morgan fingerprint density at radius 1 is 0.938 bits per heavy atom. The largest absolute Gasteiger partial charge is 0.504 e. The zero-order valence-electron chi connectivity index (χ0n) is 8.27. The summed E-state index contributed by atoms with van der Waals surface area (Å²) >= 11 is 1.57. The molecule has 2 aromatic carbocycles. The number of rotatable bonds is 0. The molecule has 0 fully saturated rings. The average molecular weight is 231 g/mol. The molecule has 3 N–H and O–H groups in total. The molecule has 4 heteroatoms. The van der Waals surface area contributed by atoms with Crippen LogP contribution in [-0.2, 0) is 0 Å². The summed E-state index contributed by atoms with van der Waals surface area (Å²) in [6.07, 6.45) is 0. The highest BCUT2D eigenvalue weighted by atomic mass is 32.2. The van der Waals surface area contributed by atoms with Crippen molar-refractivity contribution in [1.29, 1.82) is 0 Å². The molecular weight excluding hydrogens is 222 g/mol. The van der Waals surface area contributed by atoms with Crippen LogP contribution in [0.5, 0.6) is 11.5 Å². The van der Waals surface area contributed by atoms with Crippen LogP contribution in [0.2, 0.25) is 0 Å². The van der Waals surface area contributed by atoms with E-state index >= 15 is 0 Å². The summed E-state index contributed by atoms with van der Waals surface area (Å²) in [5.74, 6) is -0.203. The number of hydrogen-bond donors (Lipinski definition) is 3. The van der Waals surface area contributed by atoms with E-state index in [0.29, 0.717) is 5.69 Å². The number of hydrogen-bond acceptors (Lipinski definition) is 4. The molecule has 0 saturated carbocycles. The molecule has 0 radical (unpaired) electrons. The summed E-state index contributed by atoms with van der Waals surface area (Å²) in [6.45, 7) is 0. The van der Waals surface area contributed by atoms with Gasteiger partial charge in [-0.1, -0.05) is 23.9 Å². The number of anilines is 2. The van der Waals surface area contributed by atoms with E-state index < -0.39 is 0 Å². The Labute approximate surface area is 96.7 Å². The van der Waals surface area contributed by atoms with Crippen molar-refractivity contribution in [1.82, 2.24) is 0 Å². The van der Waals surface area contributed by atoms with Gasteiger partial charge in [-0.25, -0.2) is 0 Å². The topological polar surface area (TPSA) is 52.5 Å². The van der Waals surface area contributed by atoms with Crippen molar-refractivity contribution in [2.45, 2.75) is 9.79 Å². The maximum absolute atomic E-state index is 9.74. The van der Waals surface area contributed by atoms with Gasteiger partial charge in [0.25, 0.3) is 0 Å². The number of aromatic hydroxyl groups is 2. The van der Waals surface area contributed by atoms with Crippen LogP contribution in [-0.4, -0.2) is 10.2 Å². The Hall–Kier alpha value is -1.81. The Kier molecular flexibility index (Phi) is 1.97. The lowest BCUT2D eigenvalue weighted by atomic mass is 10.2. The molecule has 0 saturated heterocycles. The first-order valence-electron chi connectivity index (χ1n) is 4.84. The van der Waals surface area contributed by atoms with E-state index in [1.165, 1.54) is 6.07 Å². The van der Waals surface area contributed by atoms with Crippen molar-refractivity contribution in [2.75, 3.05) is 5.32 Å². The van der Waals surface area contributed by atoms with Crippen molar-refractivity contribution in [3.05, 3.63) is 36.4 Å². The quantitative estimate of drug-likeness (QED) is 0.519. The van der Waals surface area contributed by atoms with E-state index in [1.807, 2.05) is 24.3 Å². The molecule has 0 atom stereocenters. The highest BCUT2D eigenvalue weighted by Gasteiger charge is 2.19. The fourth-order valence-corrected chi connectivity index (χ4v) is 2.68. The van der Waals surface area contributed by atoms with E-state index in [9.17, 15) is 10.2 Å². The van der Waals surface area contributed by atoms with Gasteiger partial charge in [0.05, 0.1) is 11.4 Å². The minimum absolute atomic E-state index is 0.0977. The zero-order chi connectivity index (χ0) is 11.1. The Bertz CT molecular complexity index is 569. The highest BCUT2D eigenvalue weighted by Crippen LogP contribution is 2.49. The molecule has 0 aromatic heterocycles. The first-order chi connectivity index (χ1) is 7.75. The standard InChI is InChI=1S/C12H9NO2S/c14-8-5-6-10-11(12(8)15)13-7-3-1-2-4-9(7)16-10/h1-6,13-15H. The molecule has 2 aromatic rings. The molecule has 0 spiro atoms. The van der Waals surface area contributed by atoms with Gasteiger partial charge in [-0.3, -0.25) is 0 Å². The third-order valence-corrected chi connectivity index (χ3v) is 3.62. The van der Waals surface area contributed by atoms with E-state index in [0.717, 1.165) is 15.5 Å². The van der Waals surface area contributed by atoms with Crippen LogP contribution in [0, 0.1) is 0 Å². The minimum Gasteiger partial charge on any atom is -0.504 e. The van der Waals surface area contributed by atoms with Crippen LogP contribution >= 0.6 is 11.8 Å². The predicted molar refractivity (Wildman–Crippen MR) is 63.6 cm³/mol. The minimum atomic E-state index is -0.105. The number of para-hydroxylation sites is 1. The maximum Gasteiger partial charge on any atom is 0.182 e. The second-order valence-electron chi connectivity index (χ2n) is 3.53. The van der Waals surface area contributed by atoms with E-state index in [-0.39, 0.29) is 11.5 Å². The van der Waals surface area contributed by atoms with Crippen molar-refractivity contribution >= 4 is 23.1 Å². The number of phenols is 2. The summed E-state index contributed by atoms with van der Waals surface area (Å²) in [5.41, 5.74) is 1.52. The molecular formula is C12H9NO2S. The van der Waals surface area contributed by atoms with Crippen molar-refractivity contribution in [3.63, 3.8) is 0 Å². The Morgan fingerprint density at radius 3 is 2.62 bits per heavy atom. The van der Waals surface area contributed by atoms with Gasteiger partial charge in [0, 0.05) is 9.79 Å². The summed E-state index contributed by atoms with van der Waals surface area (Å²) in [4.78, 5) is 2.02. The van der Waals surface area contributed by atoms with E-state index in [4.69, 9.17) is 0 Å². The molecule has 3 rings (SSSR count). The van der Waals surface area contributed by atoms with Crippen LogP contribution in [0.1, 0.15) is 0 Å². The Morgan fingerprint density at radius 2 is 1.75 bits per heavy atom. The normalized spacial score (nSPS) is 12.5. The molecule has 0 aliphatic carbocycles. The second kappa shape index (κ2) is 3.35. The molecule has 3 nitrogen and oxygen atoms in total. The summed E-state index contributed by atoms with van der Waals surface area (Å²) in [7, 11) is 0. The van der Waals surface area contributed by atoms with E-state index in [2.05, 4.69) is 5.32 Å². The zero-order valence-corrected chi connectivity index (χ0v) is 9.08. The van der Waals surface area contributed by atoms with Gasteiger partial charge < -0.3 is 15.5 Å². The van der Waals surface area contributed by atoms with Crippen molar-refractivity contribution in [2.24, 2.45) is 0 Å². The number of phenolic OH excluding ortho intramolecular Hbond substituents is 2. The van der Waals surface area contributed by atoms with Gasteiger partial charge in [-0.2, -0.15) is 0 Å². The number of nitrogens with one attached hydrogen (secondary N) is 1. The smallest absolute Gasteiger partial charge is 0.182 e. The highest BCUT2D eigenvalue weighted by molar-refractivity contribution is 7.99. The van der Waals surface area contributed by atoms with Gasteiger partial charge in [0.1, 0.15) is 0 Å². The fraction of sp³-hybridized carbons (Fsp3) is 0. The predicted octanol–water partition coefficient (Wildman–Crippen LogP) is 3.31. The van der Waals surface area contributed by atoms with Crippen LogP contribution in [0.15, 0.2) is 46.2 Å². The van der Waals surface area contributed by atoms with Crippen LogP contribution in [0.25, 0.3) is 0 Å². The van der Waals surface area contributed by atoms with Crippen LogP contribution in [0.4, 0.5) is 11.4 Å². The average Bonchev–Trinajstić information content (AvgIpc) is 2.32. The number of fused-ring (bicyclic) bond motifs is 2. The fourth-order valence-electron chi connectivity index (χ4n) is 1.68. The summed E-state index contributed by atoms with van der Waals surface area (Å²) in [5, 5.41) is 22.3. The van der Waals surface area contributed by atoms with E-state index in [1.54, 1.807) is 17.8 Å². The third kappa shape index (κ3) is 1.31. The first kappa shape index (κ1) is 9.42. The summed E-state index contributed by atoms with van der Waals surface area (Å²) < 4.78 is 0. The van der Waals surface area contributed by atoms with Crippen molar-refractivity contribution < 1.29 is 10.2 Å². The Balaban J connectivity index is 2.16. The number of benzene rings is 2. The van der Waals surface area contributed by atoms with Gasteiger partial charge in [0.2, 0.25) is 0 Å². The lowest BCUT2D eigenvalue weighted by Gasteiger charge is -2.21. The third-order valence-electron chi connectivity index (χ3n) is 2.49. The molecule has 1 heterocycles. The molecule has 16 heavy (non-hydrogen) atoms. The molecule has 1 aliphatic rings. The SMILES string of the molecule is Oc1ccc2c(c1O)Nc1ccccc1S2. The van der Waals surface area contributed by atoms with Gasteiger partial charge in [0.15, 0.2) is 11.5 Å². The van der Waals surface area contributed by atoms with Crippen LogP contribution in [0.3, 0.4) is 0 Å². The maximum atomic E-state index is 9.74. The van der Waals surface area contributed by atoms with Gasteiger partial charge in [-0.15, -0.1) is 0 Å². The lowest BCUT2D eigenvalue weighted by molar-refractivity contribution is 0.404. The van der Waals surface area contributed by atoms with Gasteiger partial charge >= 0.3 is 0 Å². The van der Waals surface area contributed by atoms with Crippen molar-refractivity contribution in [3.8, 4) is 11.5 Å². The van der Waals surface area contributed by atoms with Gasteiger partial charge in [-0.05, 0) is 24.3 Å². The van der Waals surface area contributed by atoms with Crippen LogP contribution < -0.4 is 5.32 Å². The molecule has 0 amide bonds.